The number of hydrogen-bond donors (Lipinski definition) is 1. The molecule has 0 amide bonds. The average molecular weight is 351 g/mol. The van der Waals surface area contributed by atoms with Crippen molar-refractivity contribution in [3.8, 4) is 0 Å². The first-order valence-electron chi connectivity index (χ1n) is 7.65. The lowest BCUT2D eigenvalue weighted by molar-refractivity contribution is 0.477. The van der Waals surface area contributed by atoms with Crippen molar-refractivity contribution in [1.82, 2.24) is 4.31 Å². The van der Waals surface area contributed by atoms with Crippen LogP contribution in [0.2, 0.25) is 5.02 Å². The highest BCUT2D eigenvalue weighted by atomic mass is 35.5. The fourth-order valence-electron chi connectivity index (χ4n) is 2.68. The third-order valence-electron chi connectivity index (χ3n) is 3.98. The molecule has 3 rings (SSSR count). The molecule has 1 heterocycles. The number of benzene rings is 2. The molecule has 2 aromatic rings. The van der Waals surface area contributed by atoms with E-state index in [9.17, 15) is 8.42 Å². The Morgan fingerprint density at radius 1 is 1.04 bits per heavy atom. The molecule has 0 radical (unpaired) electrons. The molecule has 1 fully saturated rings. The lowest BCUT2D eigenvalue weighted by Gasteiger charge is -2.16. The Hall–Kier alpha value is -1.56. The van der Waals surface area contributed by atoms with Crippen LogP contribution in [0, 0.1) is 0 Å². The van der Waals surface area contributed by atoms with Crippen LogP contribution in [0.5, 0.6) is 0 Å². The van der Waals surface area contributed by atoms with Gasteiger partial charge in [0, 0.05) is 30.3 Å². The second kappa shape index (κ2) is 6.91. The van der Waals surface area contributed by atoms with E-state index in [1.165, 1.54) is 0 Å². The fraction of sp³-hybridized carbons (Fsp3) is 0.294. The zero-order chi connectivity index (χ0) is 16.3. The monoisotopic (exact) mass is 350 g/mol. The van der Waals surface area contributed by atoms with Gasteiger partial charge in [0.15, 0.2) is 0 Å². The van der Waals surface area contributed by atoms with E-state index in [1.54, 1.807) is 22.5 Å². The van der Waals surface area contributed by atoms with Crippen LogP contribution in [0.15, 0.2) is 53.4 Å². The topological polar surface area (TPSA) is 49.4 Å². The van der Waals surface area contributed by atoms with Crippen LogP contribution in [-0.4, -0.2) is 25.8 Å². The number of nitrogens with one attached hydrogen (secondary N) is 1. The van der Waals surface area contributed by atoms with Gasteiger partial charge in [0.2, 0.25) is 10.0 Å². The Morgan fingerprint density at radius 2 is 1.78 bits per heavy atom. The van der Waals surface area contributed by atoms with E-state index < -0.39 is 10.0 Å². The summed E-state index contributed by atoms with van der Waals surface area (Å²) in [5, 5.41) is 3.93. The van der Waals surface area contributed by atoms with E-state index in [0.29, 0.717) is 29.6 Å². The Kier molecular flexibility index (Phi) is 4.90. The molecule has 6 heteroatoms. The lowest BCUT2D eigenvalue weighted by atomic mass is 10.2. The van der Waals surface area contributed by atoms with Gasteiger partial charge in [-0.05, 0) is 42.7 Å². The van der Waals surface area contributed by atoms with Crippen molar-refractivity contribution in [2.45, 2.75) is 24.3 Å². The van der Waals surface area contributed by atoms with Gasteiger partial charge < -0.3 is 5.32 Å². The molecular weight excluding hydrogens is 332 g/mol. The SMILES string of the molecule is O=S(=O)(c1cccc(NCc2ccccc2Cl)c1)N1CCCC1. The number of rotatable bonds is 5. The van der Waals surface area contributed by atoms with Crippen LogP contribution < -0.4 is 5.32 Å². The van der Waals surface area contributed by atoms with Gasteiger partial charge in [-0.15, -0.1) is 0 Å². The molecule has 1 saturated heterocycles. The molecule has 0 atom stereocenters. The quantitative estimate of drug-likeness (QED) is 0.893. The number of hydrogen-bond acceptors (Lipinski definition) is 3. The maximum atomic E-state index is 12.6. The Labute approximate surface area is 142 Å². The zero-order valence-corrected chi connectivity index (χ0v) is 14.3. The van der Waals surface area contributed by atoms with Crippen LogP contribution in [0.25, 0.3) is 0 Å². The average Bonchev–Trinajstić information content (AvgIpc) is 3.10. The summed E-state index contributed by atoms with van der Waals surface area (Å²) < 4.78 is 26.7. The molecule has 1 aliphatic rings. The van der Waals surface area contributed by atoms with Crippen molar-refractivity contribution in [3.63, 3.8) is 0 Å². The summed E-state index contributed by atoms with van der Waals surface area (Å²) in [5.41, 5.74) is 1.74. The van der Waals surface area contributed by atoms with Gasteiger partial charge in [-0.3, -0.25) is 0 Å². The molecule has 0 aromatic heterocycles. The van der Waals surface area contributed by atoms with Gasteiger partial charge in [0.1, 0.15) is 0 Å². The van der Waals surface area contributed by atoms with E-state index in [1.807, 2.05) is 30.3 Å². The van der Waals surface area contributed by atoms with Gasteiger partial charge in [0.05, 0.1) is 4.90 Å². The van der Waals surface area contributed by atoms with E-state index in [4.69, 9.17) is 11.6 Å². The van der Waals surface area contributed by atoms with Crippen molar-refractivity contribution in [3.05, 3.63) is 59.1 Å². The highest BCUT2D eigenvalue weighted by Gasteiger charge is 2.27. The van der Waals surface area contributed by atoms with Crippen molar-refractivity contribution in [2.75, 3.05) is 18.4 Å². The second-order valence-corrected chi connectivity index (χ2v) is 7.93. The third kappa shape index (κ3) is 3.68. The van der Waals surface area contributed by atoms with Crippen LogP contribution in [0.3, 0.4) is 0 Å². The van der Waals surface area contributed by atoms with E-state index in [0.717, 1.165) is 24.1 Å². The van der Waals surface area contributed by atoms with Crippen LogP contribution >= 0.6 is 11.6 Å². The minimum absolute atomic E-state index is 0.337. The van der Waals surface area contributed by atoms with Crippen molar-refractivity contribution < 1.29 is 8.42 Å². The van der Waals surface area contributed by atoms with Crippen molar-refractivity contribution in [2.24, 2.45) is 0 Å². The summed E-state index contributed by atoms with van der Waals surface area (Å²) in [6, 6.07) is 14.6. The van der Waals surface area contributed by atoms with Crippen molar-refractivity contribution in [1.29, 1.82) is 0 Å². The standard InChI is InChI=1S/C17H19ClN2O2S/c18-17-9-2-1-6-14(17)13-19-15-7-5-8-16(12-15)23(21,22)20-10-3-4-11-20/h1-2,5-9,12,19H,3-4,10-11,13H2. The van der Waals surface area contributed by atoms with Gasteiger partial charge >= 0.3 is 0 Å². The Balaban J connectivity index is 1.76. The molecule has 122 valence electrons. The molecule has 4 nitrogen and oxygen atoms in total. The molecule has 0 unspecified atom stereocenters. The number of anilines is 1. The number of halogens is 1. The Morgan fingerprint density at radius 3 is 2.52 bits per heavy atom. The smallest absolute Gasteiger partial charge is 0.243 e. The summed E-state index contributed by atoms with van der Waals surface area (Å²) in [7, 11) is -3.39. The molecular formula is C17H19ClN2O2S. The second-order valence-electron chi connectivity index (χ2n) is 5.58. The molecule has 1 N–H and O–H groups in total. The highest BCUT2D eigenvalue weighted by molar-refractivity contribution is 7.89. The molecule has 0 aliphatic carbocycles. The summed E-state index contributed by atoms with van der Waals surface area (Å²) in [5.74, 6) is 0. The summed E-state index contributed by atoms with van der Waals surface area (Å²) in [6.45, 7) is 1.77. The normalized spacial score (nSPS) is 15.7. The van der Waals surface area contributed by atoms with Crippen molar-refractivity contribution >= 4 is 27.3 Å². The molecule has 0 spiro atoms. The van der Waals surface area contributed by atoms with Gasteiger partial charge in [0.25, 0.3) is 0 Å². The largest absolute Gasteiger partial charge is 0.381 e. The first-order valence-corrected chi connectivity index (χ1v) is 9.47. The van der Waals surface area contributed by atoms with Gasteiger partial charge in [-0.25, -0.2) is 8.42 Å². The number of nitrogens with zero attached hydrogens (tertiary/aromatic N) is 1. The zero-order valence-electron chi connectivity index (χ0n) is 12.7. The molecule has 1 aliphatic heterocycles. The maximum Gasteiger partial charge on any atom is 0.243 e. The predicted octanol–water partition coefficient (Wildman–Crippen LogP) is 3.74. The van der Waals surface area contributed by atoms with Gasteiger partial charge in [-0.2, -0.15) is 4.31 Å². The lowest BCUT2D eigenvalue weighted by Crippen LogP contribution is -2.27. The molecule has 2 aromatic carbocycles. The summed E-state index contributed by atoms with van der Waals surface area (Å²) in [6.07, 6.45) is 1.87. The summed E-state index contributed by atoms with van der Waals surface area (Å²) >= 11 is 6.14. The first-order chi connectivity index (χ1) is 11.1. The Bertz CT molecular complexity index is 787. The molecule has 0 saturated carbocycles. The maximum absolute atomic E-state index is 12.6. The molecule has 0 bridgehead atoms. The summed E-state index contributed by atoms with van der Waals surface area (Å²) in [4.78, 5) is 0.337. The van der Waals surface area contributed by atoms with E-state index in [2.05, 4.69) is 5.32 Å². The number of sulfonamides is 1. The minimum Gasteiger partial charge on any atom is -0.381 e. The predicted molar refractivity (Wildman–Crippen MR) is 93.2 cm³/mol. The van der Waals surface area contributed by atoms with Crippen LogP contribution in [0.4, 0.5) is 5.69 Å². The van der Waals surface area contributed by atoms with E-state index >= 15 is 0 Å². The first kappa shape index (κ1) is 16.3. The highest BCUT2D eigenvalue weighted by Crippen LogP contribution is 2.24. The fourth-order valence-corrected chi connectivity index (χ4v) is 4.45. The van der Waals surface area contributed by atoms with Crippen LogP contribution in [-0.2, 0) is 16.6 Å². The van der Waals surface area contributed by atoms with E-state index in [-0.39, 0.29) is 0 Å². The third-order valence-corrected chi connectivity index (χ3v) is 6.24. The molecule has 23 heavy (non-hydrogen) atoms. The van der Waals surface area contributed by atoms with Crippen LogP contribution in [0.1, 0.15) is 18.4 Å². The minimum atomic E-state index is -3.39. The van der Waals surface area contributed by atoms with Gasteiger partial charge in [-0.1, -0.05) is 35.9 Å².